The smallest absolute Gasteiger partial charge is 0.270 e. The number of benzene rings is 2. The number of halogens is 2. The maximum Gasteiger partial charge on any atom is 0.270 e. The molecule has 5 rings (SSSR count). The molecule has 1 N–H and O–H groups in total. The number of amides is 1. The first-order valence-electron chi connectivity index (χ1n) is 13.2. The topological polar surface area (TPSA) is 58.9 Å². The average molecular weight is 519 g/mol. The van der Waals surface area contributed by atoms with Gasteiger partial charge in [-0.05, 0) is 74.1 Å². The molecule has 1 fully saturated rings. The lowest BCUT2D eigenvalue weighted by Crippen LogP contribution is -2.32. The Morgan fingerprint density at radius 1 is 1.05 bits per heavy atom. The molecule has 2 aromatic heterocycles. The van der Waals surface area contributed by atoms with Crippen LogP contribution in [0.1, 0.15) is 59.9 Å². The summed E-state index contributed by atoms with van der Waals surface area (Å²) in [6, 6.07) is 16.1. The number of carbonyl (C=O) groups excluding carboxylic acids is 1. The number of ether oxygens (including phenoxy) is 1. The third kappa shape index (κ3) is 5.35. The molecule has 0 spiro atoms. The minimum Gasteiger partial charge on any atom is -0.494 e. The average Bonchev–Trinajstić information content (AvgIpc) is 3.30. The quantitative estimate of drug-likeness (QED) is 0.316. The van der Waals surface area contributed by atoms with E-state index >= 15 is 4.39 Å². The van der Waals surface area contributed by atoms with Crippen LogP contribution in [-0.4, -0.2) is 35.0 Å². The Kier molecular flexibility index (Phi) is 7.58. The molecule has 1 amide bonds. The summed E-state index contributed by atoms with van der Waals surface area (Å²) in [4.78, 5) is 19.7. The molecule has 198 valence electrons. The summed E-state index contributed by atoms with van der Waals surface area (Å²) in [7, 11) is 0. The number of aromatic nitrogens is 2. The summed E-state index contributed by atoms with van der Waals surface area (Å²) in [6.07, 6.45) is 3.89. The number of anilines is 1. The van der Waals surface area contributed by atoms with Gasteiger partial charge in [0.2, 0.25) is 0 Å². The Bertz CT molecular complexity index is 1430. The fourth-order valence-electron chi connectivity index (χ4n) is 5.17. The molecule has 0 saturated carbocycles. The van der Waals surface area contributed by atoms with Gasteiger partial charge in [-0.3, -0.25) is 9.20 Å². The van der Waals surface area contributed by atoms with E-state index in [-0.39, 0.29) is 24.2 Å². The van der Waals surface area contributed by atoms with Gasteiger partial charge in [0.25, 0.3) is 5.91 Å². The molecule has 0 aliphatic carbocycles. The lowest BCUT2D eigenvalue weighted by Gasteiger charge is -2.34. The third-order valence-electron chi connectivity index (χ3n) is 7.21. The Labute approximate surface area is 221 Å². The monoisotopic (exact) mass is 518 g/mol. The van der Waals surface area contributed by atoms with Gasteiger partial charge >= 0.3 is 0 Å². The van der Waals surface area contributed by atoms with E-state index in [0.29, 0.717) is 35.6 Å². The molecule has 6 nitrogen and oxygen atoms in total. The second kappa shape index (κ2) is 11.2. The van der Waals surface area contributed by atoms with Crippen LogP contribution in [0.2, 0.25) is 0 Å². The Balaban J connectivity index is 1.20. The van der Waals surface area contributed by atoms with Crippen LogP contribution in [0.3, 0.4) is 0 Å². The van der Waals surface area contributed by atoms with Crippen molar-refractivity contribution in [1.82, 2.24) is 14.7 Å². The molecule has 38 heavy (non-hydrogen) atoms. The second-order valence-electron chi connectivity index (χ2n) is 9.56. The third-order valence-corrected chi connectivity index (χ3v) is 7.21. The largest absolute Gasteiger partial charge is 0.494 e. The Morgan fingerprint density at radius 3 is 2.50 bits per heavy atom. The Hall–Kier alpha value is -3.94. The summed E-state index contributed by atoms with van der Waals surface area (Å²) in [5.41, 5.74) is 3.87. The van der Waals surface area contributed by atoms with E-state index in [4.69, 9.17) is 4.74 Å². The fraction of sp³-hybridized carbons (Fsp3) is 0.333. The molecule has 4 aromatic rings. The van der Waals surface area contributed by atoms with Crippen molar-refractivity contribution in [2.24, 2.45) is 0 Å². The highest BCUT2D eigenvalue weighted by Crippen LogP contribution is 2.32. The van der Waals surface area contributed by atoms with Crippen LogP contribution >= 0.6 is 0 Å². The first kappa shape index (κ1) is 25.7. The normalized spacial score (nSPS) is 14.2. The standard InChI is InChI=1S/C30H32F2N4O2/c1-3-27-29(36-16-13-23(31)18-28(36)34-27)30(37)33-19-22-6-5-21(17-26(22)32)20-11-14-35(15-12-20)24-7-9-25(10-8-24)38-4-2/h5-10,13,16-18,20H,3-4,11-12,14-15,19H2,1-2H3,(H,33,37). The van der Waals surface area contributed by atoms with Gasteiger partial charge in [-0.2, -0.15) is 0 Å². The van der Waals surface area contributed by atoms with Crippen LogP contribution < -0.4 is 15.0 Å². The Morgan fingerprint density at radius 2 is 1.82 bits per heavy atom. The maximum absolute atomic E-state index is 15.1. The van der Waals surface area contributed by atoms with Crippen molar-refractivity contribution in [2.75, 3.05) is 24.6 Å². The van der Waals surface area contributed by atoms with Crippen LogP contribution in [0.15, 0.2) is 60.8 Å². The number of pyridine rings is 1. The van der Waals surface area contributed by atoms with Gasteiger partial charge in [0.1, 0.15) is 28.7 Å². The van der Waals surface area contributed by atoms with Crippen LogP contribution in [0, 0.1) is 11.6 Å². The number of fused-ring (bicyclic) bond motifs is 1. The maximum atomic E-state index is 15.1. The molecular weight excluding hydrogens is 486 g/mol. The van der Waals surface area contributed by atoms with E-state index in [9.17, 15) is 9.18 Å². The highest BCUT2D eigenvalue weighted by atomic mass is 19.1. The van der Waals surface area contributed by atoms with E-state index in [1.807, 2.05) is 32.0 Å². The molecule has 0 radical (unpaired) electrons. The van der Waals surface area contributed by atoms with Crippen molar-refractivity contribution < 1.29 is 18.3 Å². The van der Waals surface area contributed by atoms with Crippen molar-refractivity contribution in [3.63, 3.8) is 0 Å². The molecule has 2 aromatic carbocycles. The summed E-state index contributed by atoms with van der Waals surface area (Å²) in [5, 5.41) is 2.81. The van der Waals surface area contributed by atoms with Crippen molar-refractivity contribution in [3.8, 4) is 5.75 Å². The van der Waals surface area contributed by atoms with E-state index < -0.39 is 5.82 Å². The number of nitrogens with zero attached hydrogens (tertiary/aromatic N) is 3. The van der Waals surface area contributed by atoms with E-state index in [1.54, 1.807) is 16.5 Å². The summed E-state index contributed by atoms with van der Waals surface area (Å²) < 4.78 is 35.7. The fourth-order valence-corrected chi connectivity index (χ4v) is 5.17. The van der Waals surface area contributed by atoms with Crippen LogP contribution in [-0.2, 0) is 13.0 Å². The van der Waals surface area contributed by atoms with Crippen molar-refractivity contribution >= 4 is 17.2 Å². The predicted molar refractivity (Wildman–Crippen MR) is 144 cm³/mol. The molecule has 8 heteroatoms. The SMILES string of the molecule is CCOc1ccc(N2CCC(c3ccc(CNC(=O)c4c(CC)nc5cc(F)ccn45)c(F)c3)CC2)cc1. The van der Waals surface area contributed by atoms with Crippen LogP contribution in [0.4, 0.5) is 14.5 Å². The minimum absolute atomic E-state index is 0.0543. The predicted octanol–water partition coefficient (Wildman–Crippen LogP) is 5.89. The second-order valence-corrected chi connectivity index (χ2v) is 9.56. The summed E-state index contributed by atoms with van der Waals surface area (Å²) in [6.45, 7) is 6.37. The van der Waals surface area contributed by atoms with Gasteiger partial charge in [-0.15, -0.1) is 0 Å². The molecule has 1 aliphatic rings. The van der Waals surface area contributed by atoms with Crippen molar-refractivity contribution in [2.45, 2.75) is 45.6 Å². The van der Waals surface area contributed by atoms with E-state index in [1.165, 1.54) is 24.0 Å². The molecular formula is C30H32F2N4O2. The number of piperidine rings is 1. The first-order chi connectivity index (χ1) is 18.5. The van der Waals surface area contributed by atoms with Crippen molar-refractivity contribution in [1.29, 1.82) is 0 Å². The van der Waals surface area contributed by atoms with Crippen molar-refractivity contribution in [3.05, 3.63) is 94.9 Å². The number of hydrogen-bond donors (Lipinski definition) is 1. The van der Waals surface area contributed by atoms with E-state index in [0.717, 1.165) is 37.2 Å². The van der Waals surface area contributed by atoms with Crippen LogP contribution in [0.25, 0.3) is 5.65 Å². The molecule has 0 bridgehead atoms. The minimum atomic E-state index is -0.416. The summed E-state index contributed by atoms with van der Waals surface area (Å²) >= 11 is 0. The molecule has 0 unspecified atom stereocenters. The summed E-state index contributed by atoms with van der Waals surface area (Å²) in [5.74, 6) is 0.0512. The lowest BCUT2D eigenvalue weighted by atomic mass is 9.88. The molecule has 0 atom stereocenters. The highest BCUT2D eigenvalue weighted by Gasteiger charge is 2.23. The highest BCUT2D eigenvalue weighted by molar-refractivity contribution is 5.94. The van der Waals surface area contributed by atoms with Gasteiger partial charge in [0, 0.05) is 43.1 Å². The number of nitrogens with one attached hydrogen (secondary N) is 1. The molecule has 1 saturated heterocycles. The van der Waals surface area contributed by atoms with Crippen LogP contribution in [0.5, 0.6) is 5.75 Å². The van der Waals surface area contributed by atoms with Gasteiger partial charge in [0.05, 0.1) is 12.3 Å². The van der Waals surface area contributed by atoms with Gasteiger partial charge < -0.3 is 15.0 Å². The zero-order valence-electron chi connectivity index (χ0n) is 21.7. The number of rotatable bonds is 8. The van der Waals surface area contributed by atoms with Gasteiger partial charge in [0.15, 0.2) is 0 Å². The molecule has 3 heterocycles. The van der Waals surface area contributed by atoms with Gasteiger partial charge in [-0.25, -0.2) is 13.8 Å². The number of imidazole rings is 1. The number of hydrogen-bond acceptors (Lipinski definition) is 4. The van der Waals surface area contributed by atoms with E-state index in [2.05, 4.69) is 27.3 Å². The lowest BCUT2D eigenvalue weighted by molar-refractivity contribution is 0.0943. The number of carbonyl (C=O) groups is 1. The zero-order chi connectivity index (χ0) is 26.6. The molecule has 1 aliphatic heterocycles. The first-order valence-corrected chi connectivity index (χ1v) is 13.2. The number of aryl methyl sites for hydroxylation is 1. The van der Waals surface area contributed by atoms with Gasteiger partial charge in [-0.1, -0.05) is 19.1 Å². The zero-order valence-corrected chi connectivity index (χ0v) is 21.7.